The molecule has 0 aromatic carbocycles. The molecule has 88 valence electrons. The summed E-state index contributed by atoms with van der Waals surface area (Å²) in [6.45, 7) is 2.35. The standard InChI is InChI=1S/C11H10BrN3O2/c1-2-15-10(11(16)17)8(12)9(14-15)7-4-3-5-13-6-7/h3-6H,2H2,1H3,(H,16,17). The Morgan fingerprint density at radius 3 is 2.82 bits per heavy atom. The number of halogens is 1. The van der Waals surface area contributed by atoms with Gasteiger partial charge in [-0.2, -0.15) is 5.10 Å². The van der Waals surface area contributed by atoms with Gasteiger partial charge in [-0.15, -0.1) is 0 Å². The Kier molecular flexibility index (Phi) is 3.23. The summed E-state index contributed by atoms with van der Waals surface area (Å²) in [6, 6.07) is 3.62. The number of carboxylic acids is 1. The number of aromatic nitrogens is 3. The van der Waals surface area contributed by atoms with E-state index >= 15 is 0 Å². The first-order valence-corrected chi connectivity index (χ1v) is 5.84. The van der Waals surface area contributed by atoms with Crippen LogP contribution in [-0.2, 0) is 6.54 Å². The Balaban J connectivity index is 2.61. The molecular weight excluding hydrogens is 286 g/mol. The molecule has 0 atom stereocenters. The molecule has 0 radical (unpaired) electrons. The molecule has 17 heavy (non-hydrogen) atoms. The first kappa shape index (κ1) is 11.8. The van der Waals surface area contributed by atoms with Gasteiger partial charge in [0.1, 0.15) is 5.69 Å². The first-order valence-electron chi connectivity index (χ1n) is 5.05. The van der Waals surface area contributed by atoms with E-state index in [1.807, 2.05) is 13.0 Å². The maximum atomic E-state index is 11.1. The molecule has 0 fully saturated rings. The minimum Gasteiger partial charge on any atom is -0.476 e. The molecule has 0 aliphatic rings. The largest absolute Gasteiger partial charge is 0.476 e. The van der Waals surface area contributed by atoms with Crippen LogP contribution < -0.4 is 0 Å². The third kappa shape index (κ3) is 2.08. The number of carbonyl (C=O) groups is 1. The van der Waals surface area contributed by atoms with Gasteiger partial charge in [-0.1, -0.05) is 0 Å². The van der Waals surface area contributed by atoms with Crippen molar-refractivity contribution in [1.82, 2.24) is 14.8 Å². The molecular formula is C11H10BrN3O2. The number of rotatable bonds is 3. The number of aromatic carboxylic acids is 1. The van der Waals surface area contributed by atoms with Crippen LogP contribution in [0.1, 0.15) is 17.4 Å². The van der Waals surface area contributed by atoms with Crippen molar-refractivity contribution in [1.29, 1.82) is 0 Å². The van der Waals surface area contributed by atoms with Gasteiger partial charge < -0.3 is 5.11 Å². The van der Waals surface area contributed by atoms with Gasteiger partial charge in [0, 0.05) is 24.5 Å². The van der Waals surface area contributed by atoms with Crippen LogP contribution in [0.3, 0.4) is 0 Å². The van der Waals surface area contributed by atoms with E-state index in [1.165, 1.54) is 4.68 Å². The minimum atomic E-state index is -0.999. The zero-order valence-corrected chi connectivity index (χ0v) is 10.7. The summed E-state index contributed by atoms with van der Waals surface area (Å²) in [4.78, 5) is 15.1. The van der Waals surface area contributed by atoms with Crippen LogP contribution in [0.4, 0.5) is 0 Å². The Morgan fingerprint density at radius 2 is 2.35 bits per heavy atom. The lowest BCUT2D eigenvalue weighted by atomic mass is 10.2. The summed E-state index contributed by atoms with van der Waals surface area (Å²) in [7, 11) is 0. The number of carboxylic acid groups (broad SMARTS) is 1. The molecule has 2 aromatic rings. The number of hydrogen-bond donors (Lipinski definition) is 1. The number of hydrogen-bond acceptors (Lipinski definition) is 3. The molecule has 0 unspecified atom stereocenters. The summed E-state index contributed by atoms with van der Waals surface area (Å²) < 4.78 is 1.94. The van der Waals surface area contributed by atoms with Crippen molar-refractivity contribution < 1.29 is 9.90 Å². The van der Waals surface area contributed by atoms with Crippen LogP contribution in [0.2, 0.25) is 0 Å². The van der Waals surface area contributed by atoms with Crippen LogP contribution in [0.5, 0.6) is 0 Å². The first-order chi connectivity index (χ1) is 8.15. The molecule has 0 saturated heterocycles. The molecule has 0 aliphatic carbocycles. The van der Waals surface area contributed by atoms with Gasteiger partial charge in [-0.3, -0.25) is 9.67 Å². The molecule has 2 rings (SSSR count). The molecule has 0 spiro atoms. The van der Waals surface area contributed by atoms with Crippen molar-refractivity contribution in [3.8, 4) is 11.3 Å². The van der Waals surface area contributed by atoms with Gasteiger partial charge in [-0.25, -0.2) is 4.79 Å². The van der Waals surface area contributed by atoms with Gasteiger partial charge in [-0.05, 0) is 35.0 Å². The van der Waals surface area contributed by atoms with Crippen LogP contribution in [0.15, 0.2) is 29.0 Å². The highest BCUT2D eigenvalue weighted by Gasteiger charge is 2.21. The summed E-state index contributed by atoms with van der Waals surface area (Å²) in [5.74, 6) is -0.999. The number of aryl methyl sites for hydroxylation is 1. The highest BCUT2D eigenvalue weighted by molar-refractivity contribution is 9.10. The van der Waals surface area contributed by atoms with E-state index in [2.05, 4.69) is 26.0 Å². The topological polar surface area (TPSA) is 68.0 Å². The third-order valence-corrected chi connectivity index (χ3v) is 3.08. The zero-order valence-electron chi connectivity index (χ0n) is 9.09. The predicted molar refractivity (Wildman–Crippen MR) is 65.8 cm³/mol. The van der Waals surface area contributed by atoms with E-state index in [9.17, 15) is 4.79 Å². The van der Waals surface area contributed by atoms with Crippen molar-refractivity contribution in [2.45, 2.75) is 13.5 Å². The summed E-state index contributed by atoms with van der Waals surface area (Å²) in [5, 5.41) is 13.4. The van der Waals surface area contributed by atoms with Crippen LogP contribution in [-0.4, -0.2) is 25.8 Å². The molecule has 6 heteroatoms. The van der Waals surface area contributed by atoms with Crippen LogP contribution >= 0.6 is 15.9 Å². The summed E-state index contributed by atoms with van der Waals surface area (Å²) in [5.41, 5.74) is 1.54. The maximum Gasteiger partial charge on any atom is 0.355 e. The smallest absolute Gasteiger partial charge is 0.355 e. The van der Waals surface area contributed by atoms with Gasteiger partial charge in [0.2, 0.25) is 0 Å². The van der Waals surface area contributed by atoms with Gasteiger partial charge in [0.15, 0.2) is 5.69 Å². The Labute approximate surface area is 106 Å². The number of nitrogens with zero attached hydrogens (tertiary/aromatic N) is 3. The fourth-order valence-corrected chi connectivity index (χ4v) is 2.24. The summed E-state index contributed by atoms with van der Waals surface area (Å²) in [6.07, 6.45) is 3.31. The third-order valence-electron chi connectivity index (χ3n) is 2.33. The molecule has 0 amide bonds. The monoisotopic (exact) mass is 295 g/mol. The SMILES string of the molecule is CCn1nc(-c2cccnc2)c(Br)c1C(=O)O. The van der Waals surface area contributed by atoms with E-state index in [4.69, 9.17) is 5.11 Å². The van der Waals surface area contributed by atoms with Crippen LogP contribution in [0, 0.1) is 0 Å². The highest BCUT2D eigenvalue weighted by Crippen LogP contribution is 2.29. The average Bonchev–Trinajstić information content (AvgIpc) is 2.67. The molecule has 0 bridgehead atoms. The molecule has 1 N–H and O–H groups in total. The molecule has 2 aromatic heterocycles. The van der Waals surface area contributed by atoms with E-state index in [0.29, 0.717) is 16.7 Å². The van der Waals surface area contributed by atoms with Crippen LogP contribution in [0.25, 0.3) is 11.3 Å². The van der Waals surface area contributed by atoms with E-state index in [0.717, 1.165) is 5.56 Å². The minimum absolute atomic E-state index is 0.159. The van der Waals surface area contributed by atoms with Crippen molar-refractivity contribution in [3.63, 3.8) is 0 Å². The Hall–Kier alpha value is -1.69. The second-order valence-electron chi connectivity index (χ2n) is 3.37. The van der Waals surface area contributed by atoms with Crippen molar-refractivity contribution in [2.24, 2.45) is 0 Å². The van der Waals surface area contributed by atoms with E-state index in [-0.39, 0.29) is 5.69 Å². The zero-order chi connectivity index (χ0) is 12.4. The van der Waals surface area contributed by atoms with Gasteiger partial charge in [0.05, 0.1) is 4.47 Å². The fourth-order valence-electron chi connectivity index (χ4n) is 1.56. The lowest BCUT2D eigenvalue weighted by molar-refractivity contribution is 0.0682. The molecule has 2 heterocycles. The van der Waals surface area contributed by atoms with Gasteiger partial charge in [0.25, 0.3) is 0 Å². The fraction of sp³-hybridized carbons (Fsp3) is 0.182. The van der Waals surface area contributed by atoms with Crippen molar-refractivity contribution >= 4 is 21.9 Å². The van der Waals surface area contributed by atoms with Crippen molar-refractivity contribution in [2.75, 3.05) is 0 Å². The lowest BCUT2D eigenvalue weighted by Gasteiger charge is -1.98. The molecule has 0 aliphatic heterocycles. The molecule has 5 nitrogen and oxygen atoms in total. The summed E-state index contributed by atoms with van der Waals surface area (Å²) >= 11 is 3.29. The van der Waals surface area contributed by atoms with Gasteiger partial charge >= 0.3 is 5.97 Å². The number of pyridine rings is 1. The van der Waals surface area contributed by atoms with E-state index in [1.54, 1.807) is 18.5 Å². The predicted octanol–water partition coefficient (Wildman–Crippen LogP) is 2.43. The molecule has 0 saturated carbocycles. The Bertz CT molecular complexity index is 551. The quantitative estimate of drug-likeness (QED) is 0.944. The maximum absolute atomic E-state index is 11.1. The second kappa shape index (κ2) is 4.67. The average molecular weight is 296 g/mol. The Morgan fingerprint density at radius 1 is 1.59 bits per heavy atom. The highest BCUT2D eigenvalue weighted by atomic mass is 79.9. The second-order valence-corrected chi connectivity index (χ2v) is 4.17. The normalized spacial score (nSPS) is 10.5. The lowest BCUT2D eigenvalue weighted by Crippen LogP contribution is -2.08. The van der Waals surface area contributed by atoms with Crippen molar-refractivity contribution in [3.05, 3.63) is 34.7 Å². The van der Waals surface area contributed by atoms with E-state index < -0.39 is 5.97 Å².